The predicted octanol–water partition coefficient (Wildman–Crippen LogP) is 5.11. The summed E-state index contributed by atoms with van der Waals surface area (Å²) in [6.45, 7) is 6.66. The first-order valence-electron chi connectivity index (χ1n) is 6.48. The van der Waals surface area contributed by atoms with E-state index in [9.17, 15) is 0 Å². The molecule has 0 radical (unpaired) electrons. The van der Waals surface area contributed by atoms with Gasteiger partial charge < -0.3 is 4.42 Å². The first-order chi connectivity index (χ1) is 9.11. The normalized spacial score (nSPS) is 12.4. The second-order valence-corrected chi connectivity index (χ2v) is 4.82. The highest BCUT2D eigenvalue weighted by atomic mass is 16.3. The van der Waals surface area contributed by atoms with Crippen molar-refractivity contribution in [3.05, 3.63) is 57.4 Å². The summed E-state index contributed by atoms with van der Waals surface area (Å²) in [6.07, 6.45) is 8.86. The zero-order chi connectivity index (χ0) is 14.1. The van der Waals surface area contributed by atoms with Crippen LogP contribution in [0.15, 0.2) is 45.2 Å². The molecule has 0 atom stereocenters. The molecule has 0 saturated heterocycles. The Morgan fingerprint density at radius 1 is 1.37 bits per heavy atom. The Morgan fingerprint density at radius 3 is 2.79 bits per heavy atom. The number of azide groups is 1. The third-order valence-electron chi connectivity index (χ3n) is 2.85. The molecule has 0 spiro atoms. The van der Waals surface area contributed by atoms with E-state index in [1.165, 1.54) is 16.7 Å². The molecule has 102 valence electrons. The Hall–Kier alpha value is -1.93. The van der Waals surface area contributed by atoms with Crippen molar-refractivity contribution < 1.29 is 4.42 Å². The van der Waals surface area contributed by atoms with E-state index in [0.29, 0.717) is 6.54 Å². The summed E-state index contributed by atoms with van der Waals surface area (Å²) < 4.78 is 5.43. The van der Waals surface area contributed by atoms with Crippen LogP contribution in [0, 0.1) is 6.92 Å². The third-order valence-corrected chi connectivity index (χ3v) is 2.85. The number of allylic oxidation sites excluding steroid dienone is 3. The number of furan rings is 1. The molecule has 1 aromatic rings. The van der Waals surface area contributed by atoms with Crippen LogP contribution in [-0.4, -0.2) is 6.54 Å². The highest BCUT2D eigenvalue weighted by molar-refractivity contribution is 5.16. The van der Waals surface area contributed by atoms with Gasteiger partial charge in [-0.25, -0.2) is 0 Å². The van der Waals surface area contributed by atoms with E-state index in [1.54, 1.807) is 6.26 Å². The minimum absolute atomic E-state index is 0.441. The Morgan fingerprint density at radius 2 is 2.16 bits per heavy atom. The van der Waals surface area contributed by atoms with Gasteiger partial charge in [-0.2, -0.15) is 0 Å². The van der Waals surface area contributed by atoms with Crippen LogP contribution in [0.3, 0.4) is 0 Å². The van der Waals surface area contributed by atoms with Crippen molar-refractivity contribution in [1.29, 1.82) is 0 Å². The highest BCUT2D eigenvalue weighted by Crippen LogP contribution is 2.13. The van der Waals surface area contributed by atoms with Crippen LogP contribution in [0.2, 0.25) is 0 Å². The average molecular weight is 259 g/mol. The Bertz CT molecular complexity index is 505. The molecular weight excluding hydrogens is 238 g/mol. The van der Waals surface area contributed by atoms with Gasteiger partial charge in [0.15, 0.2) is 0 Å². The molecule has 0 saturated carbocycles. The first kappa shape index (κ1) is 15.1. The fraction of sp³-hybridized carbons (Fsp3) is 0.467. The molecule has 0 aliphatic rings. The molecule has 4 nitrogen and oxygen atoms in total. The molecule has 0 aromatic carbocycles. The third kappa shape index (κ3) is 6.53. The van der Waals surface area contributed by atoms with Crippen LogP contribution in [0.1, 0.15) is 38.0 Å². The lowest BCUT2D eigenvalue weighted by Gasteiger charge is -2.00. The molecule has 0 aliphatic carbocycles. The summed E-state index contributed by atoms with van der Waals surface area (Å²) in [4.78, 5) is 2.72. The van der Waals surface area contributed by atoms with E-state index in [0.717, 1.165) is 25.0 Å². The second kappa shape index (κ2) is 8.22. The maximum absolute atomic E-state index is 8.18. The van der Waals surface area contributed by atoms with Crippen LogP contribution < -0.4 is 0 Å². The van der Waals surface area contributed by atoms with Gasteiger partial charge in [-0.1, -0.05) is 28.4 Å². The topological polar surface area (TPSA) is 61.9 Å². The van der Waals surface area contributed by atoms with Crippen LogP contribution in [0.25, 0.3) is 10.4 Å². The lowest BCUT2D eigenvalue weighted by atomic mass is 10.1. The standard InChI is InChI=1S/C15H21N3O/c1-12(7-8-17-18-16)5-4-6-13(2)9-15-10-14(3)11-19-15/h6-7,10-11H,4-5,8-9H2,1-3H3/b12-7+,13-6+. The zero-order valence-electron chi connectivity index (χ0n) is 11.9. The average Bonchev–Trinajstić information content (AvgIpc) is 2.75. The molecule has 4 heteroatoms. The van der Waals surface area contributed by atoms with Crippen LogP contribution in [0.5, 0.6) is 0 Å². The van der Waals surface area contributed by atoms with E-state index in [4.69, 9.17) is 9.95 Å². The van der Waals surface area contributed by atoms with Crippen molar-refractivity contribution in [1.82, 2.24) is 0 Å². The fourth-order valence-corrected chi connectivity index (χ4v) is 1.81. The summed E-state index contributed by atoms with van der Waals surface area (Å²) in [6, 6.07) is 2.07. The van der Waals surface area contributed by atoms with Crippen molar-refractivity contribution in [2.45, 2.75) is 40.0 Å². The Balaban J connectivity index is 2.35. The molecule has 0 bridgehead atoms. The van der Waals surface area contributed by atoms with E-state index >= 15 is 0 Å². The first-order valence-corrected chi connectivity index (χ1v) is 6.48. The molecule has 0 unspecified atom stereocenters. The van der Waals surface area contributed by atoms with Gasteiger partial charge in [0, 0.05) is 17.9 Å². The monoisotopic (exact) mass is 259 g/mol. The summed E-state index contributed by atoms with van der Waals surface area (Å²) in [5, 5.41) is 3.49. The highest BCUT2D eigenvalue weighted by Gasteiger charge is 1.99. The maximum Gasteiger partial charge on any atom is 0.108 e. The van der Waals surface area contributed by atoms with Crippen molar-refractivity contribution in [2.75, 3.05) is 6.54 Å². The van der Waals surface area contributed by atoms with Gasteiger partial charge in [0.25, 0.3) is 0 Å². The number of nitrogens with zero attached hydrogens (tertiary/aromatic N) is 3. The Labute approximate surface area is 114 Å². The van der Waals surface area contributed by atoms with Crippen LogP contribution in [-0.2, 0) is 6.42 Å². The van der Waals surface area contributed by atoms with Gasteiger partial charge in [-0.3, -0.25) is 0 Å². The molecule has 0 N–H and O–H groups in total. The molecular formula is C15H21N3O. The van der Waals surface area contributed by atoms with Crippen molar-refractivity contribution >= 4 is 0 Å². The van der Waals surface area contributed by atoms with Gasteiger partial charge in [0.1, 0.15) is 5.76 Å². The Kier molecular flexibility index (Phi) is 6.55. The SMILES string of the molecule is C/C(=C\CN=[N+]=[N-])CC/C=C(\C)Cc1cc(C)co1. The van der Waals surface area contributed by atoms with Crippen molar-refractivity contribution in [2.24, 2.45) is 5.11 Å². The molecule has 19 heavy (non-hydrogen) atoms. The van der Waals surface area contributed by atoms with Gasteiger partial charge in [0.05, 0.1) is 6.26 Å². The quantitative estimate of drug-likeness (QED) is 0.290. The van der Waals surface area contributed by atoms with Crippen molar-refractivity contribution in [3.8, 4) is 0 Å². The van der Waals surface area contributed by atoms with Gasteiger partial charge in [-0.15, -0.1) is 0 Å². The van der Waals surface area contributed by atoms with Gasteiger partial charge in [0.2, 0.25) is 0 Å². The lowest BCUT2D eigenvalue weighted by molar-refractivity contribution is 0.518. The van der Waals surface area contributed by atoms with Crippen LogP contribution in [0.4, 0.5) is 0 Å². The lowest BCUT2D eigenvalue weighted by Crippen LogP contribution is -1.85. The molecule has 0 amide bonds. The number of hydrogen-bond acceptors (Lipinski definition) is 2. The summed E-state index contributed by atoms with van der Waals surface area (Å²) in [5.74, 6) is 1.02. The number of rotatable bonds is 7. The van der Waals surface area contributed by atoms with Crippen molar-refractivity contribution in [3.63, 3.8) is 0 Å². The molecule has 0 fully saturated rings. The minimum Gasteiger partial charge on any atom is -0.469 e. The van der Waals surface area contributed by atoms with E-state index in [-0.39, 0.29) is 0 Å². The summed E-state index contributed by atoms with van der Waals surface area (Å²) in [5.41, 5.74) is 11.9. The molecule has 1 aromatic heterocycles. The van der Waals surface area contributed by atoms with Gasteiger partial charge in [-0.05, 0) is 50.8 Å². The van der Waals surface area contributed by atoms with Gasteiger partial charge >= 0.3 is 0 Å². The van der Waals surface area contributed by atoms with E-state index in [2.05, 4.69) is 36.0 Å². The number of hydrogen-bond donors (Lipinski definition) is 0. The predicted molar refractivity (Wildman–Crippen MR) is 77.9 cm³/mol. The maximum atomic E-state index is 8.18. The largest absolute Gasteiger partial charge is 0.469 e. The number of aryl methyl sites for hydroxylation is 1. The minimum atomic E-state index is 0.441. The fourth-order valence-electron chi connectivity index (χ4n) is 1.81. The molecule has 1 heterocycles. The summed E-state index contributed by atoms with van der Waals surface area (Å²) in [7, 11) is 0. The zero-order valence-corrected chi connectivity index (χ0v) is 11.9. The molecule has 0 aliphatic heterocycles. The molecule has 1 rings (SSSR count). The van der Waals surface area contributed by atoms with E-state index in [1.807, 2.05) is 13.0 Å². The summed E-state index contributed by atoms with van der Waals surface area (Å²) >= 11 is 0. The van der Waals surface area contributed by atoms with Crippen LogP contribution >= 0.6 is 0 Å². The second-order valence-electron chi connectivity index (χ2n) is 4.82. The van der Waals surface area contributed by atoms with E-state index < -0.39 is 0 Å². The smallest absolute Gasteiger partial charge is 0.108 e.